The second-order valence-corrected chi connectivity index (χ2v) is 7.37. The Morgan fingerprint density at radius 1 is 1.36 bits per heavy atom. The highest BCUT2D eigenvalue weighted by Crippen LogP contribution is 2.27. The molecule has 25 heavy (non-hydrogen) atoms. The lowest BCUT2D eigenvalue weighted by Gasteiger charge is -2.07. The van der Waals surface area contributed by atoms with E-state index in [9.17, 15) is 9.18 Å². The van der Waals surface area contributed by atoms with Crippen LogP contribution in [0.2, 0.25) is 0 Å². The van der Waals surface area contributed by atoms with Crippen LogP contribution in [0.1, 0.15) is 11.8 Å². The molecule has 1 N–H and O–H groups in total. The maximum atomic E-state index is 13.6. The number of thiophene rings is 1. The van der Waals surface area contributed by atoms with E-state index >= 15 is 0 Å². The van der Waals surface area contributed by atoms with Crippen LogP contribution in [0.5, 0.6) is 0 Å². The Balaban J connectivity index is 1.68. The normalized spacial score (nSPS) is 10.8. The predicted molar refractivity (Wildman–Crippen MR) is 99.5 cm³/mol. The number of carbonyl (C=O) groups is 1. The summed E-state index contributed by atoms with van der Waals surface area (Å²) in [5, 5.41) is 13.7. The predicted octanol–water partition coefficient (Wildman–Crippen LogP) is 4.20. The molecule has 130 valence electrons. The van der Waals surface area contributed by atoms with Gasteiger partial charge in [0.15, 0.2) is 11.0 Å². The Kier molecular flexibility index (Phi) is 5.50. The third-order valence-corrected chi connectivity index (χ3v) is 5.33. The van der Waals surface area contributed by atoms with E-state index in [1.54, 1.807) is 23.5 Å². The molecule has 0 aliphatic carbocycles. The summed E-state index contributed by atoms with van der Waals surface area (Å²) in [5.41, 5.74) is 1.21. The number of hydrogen-bond acceptors (Lipinski definition) is 5. The van der Waals surface area contributed by atoms with Gasteiger partial charge in [-0.05, 0) is 32.0 Å². The highest BCUT2D eigenvalue weighted by atomic mass is 32.2. The van der Waals surface area contributed by atoms with Crippen molar-refractivity contribution in [3.05, 3.63) is 46.4 Å². The smallest absolute Gasteiger partial charge is 0.234 e. The number of benzene rings is 1. The zero-order valence-corrected chi connectivity index (χ0v) is 15.5. The number of halogens is 1. The average Bonchev–Trinajstić information content (AvgIpc) is 3.20. The number of nitrogens with one attached hydrogen (secondary N) is 1. The van der Waals surface area contributed by atoms with E-state index in [2.05, 4.69) is 21.6 Å². The molecule has 2 aromatic heterocycles. The summed E-state index contributed by atoms with van der Waals surface area (Å²) in [6, 6.07) is 8.17. The lowest BCUT2D eigenvalue weighted by molar-refractivity contribution is -0.113. The SMILES string of the molecule is CCn1c(SCC(=O)Nc2ccccc2F)nnc1-c1csc(C)c1. The van der Waals surface area contributed by atoms with Crippen molar-refractivity contribution in [3.8, 4) is 11.4 Å². The number of amides is 1. The summed E-state index contributed by atoms with van der Waals surface area (Å²) in [6.45, 7) is 4.76. The van der Waals surface area contributed by atoms with Crippen molar-refractivity contribution >= 4 is 34.7 Å². The molecule has 8 heteroatoms. The first kappa shape index (κ1) is 17.6. The quantitative estimate of drug-likeness (QED) is 0.655. The Bertz CT molecular complexity index is 890. The number of aryl methyl sites for hydroxylation is 1. The molecular formula is C17H17FN4OS2. The van der Waals surface area contributed by atoms with E-state index in [0.717, 1.165) is 11.4 Å². The zero-order chi connectivity index (χ0) is 17.8. The van der Waals surface area contributed by atoms with Gasteiger partial charge in [0.2, 0.25) is 5.91 Å². The van der Waals surface area contributed by atoms with Crippen LogP contribution in [0.15, 0.2) is 40.9 Å². The van der Waals surface area contributed by atoms with Crippen LogP contribution in [-0.4, -0.2) is 26.4 Å². The van der Waals surface area contributed by atoms with Crippen molar-refractivity contribution in [3.63, 3.8) is 0 Å². The van der Waals surface area contributed by atoms with Gasteiger partial charge in [0, 0.05) is 22.4 Å². The molecule has 0 fully saturated rings. The molecule has 0 bridgehead atoms. The third kappa shape index (κ3) is 4.08. The number of carbonyl (C=O) groups excluding carboxylic acids is 1. The van der Waals surface area contributed by atoms with Crippen molar-refractivity contribution < 1.29 is 9.18 Å². The van der Waals surface area contributed by atoms with Crippen LogP contribution >= 0.6 is 23.1 Å². The van der Waals surface area contributed by atoms with Gasteiger partial charge >= 0.3 is 0 Å². The number of para-hydroxylation sites is 1. The number of nitrogens with zero attached hydrogens (tertiary/aromatic N) is 3. The highest BCUT2D eigenvalue weighted by Gasteiger charge is 2.15. The molecule has 0 aliphatic rings. The first-order valence-corrected chi connectivity index (χ1v) is 9.61. The standard InChI is InChI=1S/C17H17FN4OS2/c1-3-22-16(12-8-11(2)24-9-12)20-21-17(22)25-10-15(23)19-14-7-5-4-6-13(14)18/h4-9H,3,10H2,1-2H3,(H,19,23). The summed E-state index contributed by atoms with van der Waals surface area (Å²) >= 11 is 2.95. The number of hydrogen-bond donors (Lipinski definition) is 1. The first-order chi connectivity index (χ1) is 12.1. The average molecular weight is 376 g/mol. The molecule has 5 nitrogen and oxygen atoms in total. The fraction of sp³-hybridized carbons (Fsp3) is 0.235. The van der Waals surface area contributed by atoms with Crippen LogP contribution in [-0.2, 0) is 11.3 Å². The van der Waals surface area contributed by atoms with Crippen LogP contribution in [0.25, 0.3) is 11.4 Å². The van der Waals surface area contributed by atoms with E-state index < -0.39 is 5.82 Å². The van der Waals surface area contributed by atoms with Gasteiger partial charge in [-0.1, -0.05) is 23.9 Å². The Labute approximate surface area is 153 Å². The van der Waals surface area contributed by atoms with Crippen LogP contribution in [0, 0.1) is 12.7 Å². The van der Waals surface area contributed by atoms with E-state index in [1.807, 2.05) is 23.8 Å². The number of anilines is 1. The molecule has 0 atom stereocenters. The molecule has 0 unspecified atom stereocenters. The zero-order valence-electron chi connectivity index (χ0n) is 13.8. The second-order valence-electron chi connectivity index (χ2n) is 5.31. The molecule has 0 spiro atoms. The summed E-state index contributed by atoms with van der Waals surface area (Å²) in [6.07, 6.45) is 0. The van der Waals surface area contributed by atoms with Crippen molar-refractivity contribution in [1.82, 2.24) is 14.8 Å². The van der Waals surface area contributed by atoms with E-state index in [1.165, 1.54) is 28.8 Å². The summed E-state index contributed by atoms with van der Waals surface area (Å²) in [7, 11) is 0. The van der Waals surface area contributed by atoms with Gasteiger partial charge in [-0.25, -0.2) is 4.39 Å². The fourth-order valence-electron chi connectivity index (χ4n) is 2.33. The van der Waals surface area contributed by atoms with E-state index in [0.29, 0.717) is 11.7 Å². The Hall–Kier alpha value is -2.19. The molecular weight excluding hydrogens is 359 g/mol. The summed E-state index contributed by atoms with van der Waals surface area (Å²) < 4.78 is 15.6. The minimum Gasteiger partial charge on any atom is -0.323 e. The molecule has 2 heterocycles. The molecule has 1 amide bonds. The molecule has 0 radical (unpaired) electrons. The Morgan fingerprint density at radius 2 is 2.16 bits per heavy atom. The molecule has 0 saturated carbocycles. The third-order valence-electron chi connectivity index (χ3n) is 3.50. The van der Waals surface area contributed by atoms with E-state index in [-0.39, 0.29) is 17.3 Å². The van der Waals surface area contributed by atoms with Crippen LogP contribution in [0.4, 0.5) is 10.1 Å². The van der Waals surface area contributed by atoms with Crippen molar-refractivity contribution in [1.29, 1.82) is 0 Å². The van der Waals surface area contributed by atoms with Gasteiger partial charge in [-0.15, -0.1) is 21.5 Å². The fourth-order valence-corrected chi connectivity index (χ4v) is 3.82. The van der Waals surface area contributed by atoms with E-state index in [4.69, 9.17) is 0 Å². The molecule has 0 saturated heterocycles. The minimum atomic E-state index is -0.451. The van der Waals surface area contributed by atoms with Crippen molar-refractivity contribution in [2.24, 2.45) is 0 Å². The largest absolute Gasteiger partial charge is 0.323 e. The van der Waals surface area contributed by atoms with Gasteiger partial charge in [-0.2, -0.15) is 0 Å². The highest BCUT2D eigenvalue weighted by molar-refractivity contribution is 7.99. The lowest BCUT2D eigenvalue weighted by atomic mass is 10.3. The maximum absolute atomic E-state index is 13.6. The van der Waals surface area contributed by atoms with Crippen molar-refractivity contribution in [2.45, 2.75) is 25.5 Å². The molecule has 3 aromatic rings. The Morgan fingerprint density at radius 3 is 2.84 bits per heavy atom. The maximum Gasteiger partial charge on any atom is 0.234 e. The van der Waals surface area contributed by atoms with Gasteiger partial charge in [0.1, 0.15) is 5.82 Å². The first-order valence-electron chi connectivity index (χ1n) is 7.74. The topological polar surface area (TPSA) is 59.8 Å². The van der Waals surface area contributed by atoms with Gasteiger partial charge in [-0.3, -0.25) is 4.79 Å². The van der Waals surface area contributed by atoms with Gasteiger partial charge in [0.05, 0.1) is 11.4 Å². The van der Waals surface area contributed by atoms with Crippen LogP contribution < -0.4 is 5.32 Å². The molecule has 0 aliphatic heterocycles. The molecule has 3 rings (SSSR count). The van der Waals surface area contributed by atoms with Crippen LogP contribution in [0.3, 0.4) is 0 Å². The summed E-state index contributed by atoms with van der Waals surface area (Å²) in [5.74, 6) is 0.194. The number of rotatable bonds is 6. The van der Waals surface area contributed by atoms with Crippen molar-refractivity contribution in [2.75, 3.05) is 11.1 Å². The van der Waals surface area contributed by atoms with Gasteiger partial charge in [0.25, 0.3) is 0 Å². The number of thioether (sulfide) groups is 1. The second kappa shape index (κ2) is 7.79. The minimum absolute atomic E-state index is 0.134. The summed E-state index contributed by atoms with van der Waals surface area (Å²) in [4.78, 5) is 13.3. The number of aromatic nitrogens is 3. The molecule has 1 aromatic carbocycles. The van der Waals surface area contributed by atoms with Gasteiger partial charge < -0.3 is 9.88 Å². The monoisotopic (exact) mass is 376 g/mol. The lowest BCUT2D eigenvalue weighted by Crippen LogP contribution is -2.15.